The third kappa shape index (κ3) is 4.52. The number of rotatable bonds is 6. The summed E-state index contributed by atoms with van der Waals surface area (Å²) in [5, 5.41) is 15.9. The van der Waals surface area contributed by atoms with Crippen LogP contribution < -0.4 is 10.6 Å². The van der Waals surface area contributed by atoms with E-state index < -0.39 is 5.92 Å². The van der Waals surface area contributed by atoms with Crippen molar-refractivity contribution >= 4 is 17.2 Å². The fourth-order valence-corrected chi connectivity index (χ4v) is 4.55. The van der Waals surface area contributed by atoms with Crippen molar-refractivity contribution in [1.82, 2.24) is 20.8 Å². The minimum Gasteiger partial charge on any atom is -0.424 e. The van der Waals surface area contributed by atoms with Crippen LogP contribution in [0, 0.1) is 6.92 Å². The van der Waals surface area contributed by atoms with Gasteiger partial charge in [0.15, 0.2) is 0 Å². The average Bonchev–Trinajstić information content (AvgIpc) is 3.02. The van der Waals surface area contributed by atoms with Gasteiger partial charge in [-0.05, 0) is 25.3 Å². The summed E-state index contributed by atoms with van der Waals surface area (Å²) in [5.74, 6) is -1.24. The van der Waals surface area contributed by atoms with E-state index in [1.165, 1.54) is 0 Å². The van der Waals surface area contributed by atoms with Crippen LogP contribution in [0.1, 0.15) is 65.0 Å². The monoisotopic (exact) mass is 396 g/mol. The van der Waals surface area contributed by atoms with Crippen LogP contribution in [-0.2, 0) is 6.54 Å². The first-order valence-electron chi connectivity index (χ1n) is 9.19. The molecule has 2 atom stereocenters. The first kappa shape index (κ1) is 18.5. The quantitative estimate of drug-likeness (QED) is 0.782. The second kappa shape index (κ2) is 7.27. The predicted molar refractivity (Wildman–Crippen MR) is 96.0 cm³/mol. The van der Waals surface area contributed by atoms with E-state index in [4.69, 9.17) is 4.42 Å². The van der Waals surface area contributed by atoms with E-state index >= 15 is 0 Å². The number of alkyl halides is 2. The number of nitrogens with one attached hydrogen (secondary N) is 2. The van der Waals surface area contributed by atoms with Crippen LogP contribution in [-0.4, -0.2) is 34.1 Å². The Labute approximate surface area is 159 Å². The zero-order chi connectivity index (χ0) is 19.0. The van der Waals surface area contributed by atoms with Crippen LogP contribution in [0.4, 0.5) is 8.78 Å². The van der Waals surface area contributed by atoms with E-state index in [0.29, 0.717) is 48.7 Å². The Morgan fingerprint density at radius 3 is 2.85 bits per heavy atom. The van der Waals surface area contributed by atoms with Crippen molar-refractivity contribution < 1.29 is 18.0 Å². The molecule has 2 aromatic rings. The molecule has 0 unspecified atom stereocenters. The number of carbonyl (C=O) groups excluding carboxylic acids is 1. The maximum Gasteiger partial charge on any atom is 0.252 e. The van der Waals surface area contributed by atoms with Crippen molar-refractivity contribution in [2.24, 2.45) is 0 Å². The molecule has 6 nitrogen and oxygen atoms in total. The van der Waals surface area contributed by atoms with Gasteiger partial charge in [-0.3, -0.25) is 4.79 Å². The SMILES string of the molecule is Cc1nnc(CN[C@@H]2C[C@H]2c2cc(C(=O)NC3CCC(F)(F)CC3)cs2)o1. The van der Waals surface area contributed by atoms with E-state index in [9.17, 15) is 13.6 Å². The van der Waals surface area contributed by atoms with Gasteiger partial charge in [0.1, 0.15) is 0 Å². The maximum absolute atomic E-state index is 13.2. The van der Waals surface area contributed by atoms with E-state index in [0.717, 1.165) is 11.3 Å². The number of halogens is 2. The molecule has 2 aliphatic rings. The zero-order valence-electron chi connectivity index (χ0n) is 15.0. The average molecular weight is 396 g/mol. The zero-order valence-corrected chi connectivity index (χ0v) is 15.8. The predicted octanol–water partition coefficient (Wildman–Crippen LogP) is 3.39. The van der Waals surface area contributed by atoms with Crippen molar-refractivity contribution in [3.63, 3.8) is 0 Å². The lowest BCUT2D eigenvalue weighted by atomic mass is 9.92. The van der Waals surface area contributed by atoms with Gasteiger partial charge in [-0.15, -0.1) is 21.5 Å². The Balaban J connectivity index is 1.26. The summed E-state index contributed by atoms with van der Waals surface area (Å²) < 4.78 is 31.8. The summed E-state index contributed by atoms with van der Waals surface area (Å²) in [7, 11) is 0. The standard InChI is InChI=1S/C18H22F2N4O2S/c1-10-23-24-16(26-10)8-21-14-7-13(14)15-6-11(9-27-15)17(25)22-12-2-4-18(19,20)5-3-12/h6,9,12-14,21H,2-5,7-8H2,1H3,(H,22,25)/t13-,14-/m1/s1. The number of nitrogens with zero attached hydrogens (tertiary/aromatic N) is 2. The second-order valence-electron chi connectivity index (χ2n) is 7.39. The number of hydrogen-bond acceptors (Lipinski definition) is 6. The molecule has 4 rings (SSSR count). The molecule has 0 saturated heterocycles. The fraction of sp³-hybridized carbons (Fsp3) is 0.611. The number of amides is 1. The Bertz CT molecular complexity index is 812. The molecule has 2 heterocycles. The highest BCUT2D eigenvalue weighted by Gasteiger charge is 2.40. The van der Waals surface area contributed by atoms with Crippen molar-refractivity contribution in [3.8, 4) is 0 Å². The van der Waals surface area contributed by atoms with Gasteiger partial charge in [0.25, 0.3) is 5.91 Å². The van der Waals surface area contributed by atoms with Gasteiger partial charge < -0.3 is 15.1 Å². The highest BCUT2D eigenvalue weighted by atomic mass is 32.1. The highest BCUT2D eigenvalue weighted by Crippen LogP contribution is 2.43. The van der Waals surface area contributed by atoms with Gasteiger partial charge in [-0.25, -0.2) is 8.78 Å². The molecule has 2 aromatic heterocycles. The number of thiophene rings is 1. The largest absolute Gasteiger partial charge is 0.424 e. The molecular formula is C18H22F2N4O2S. The molecule has 2 aliphatic carbocycles. The molecule has 0 aromatic carbocycles. The summed E-state index contributed by atoms with van der Waals surface area (Å²) in [6, 6.07) is 2.10. The van der Waals surface area contributed by atoms with E-state index in [2.05, 4.69) is 20.8 Å². The Morgan fingerprint density at radius 2 is 2.15 bits per heavy atom. The van der Waals surface area contributed by atoms with E-state index in [-0.39, 0.29) is 24.8 Å². The van der Waals surface area contributed by atoms with Gasteiger partial charge >= 0.3 is 0 Å². The fourth-order valence-electron chi connectivity index (χ4n) is 3.48. The van der Waals surface area contributed by atoms with Gasteiger partial charge in [0, 0.05) is 48.0 Å². The lowest BCUT2D eigenvalue weighted by molar-refractivity contribution is -0.0399. The molecule has 2 saturated carbocycles. The number of carbonyl (C=O) groups is 1. The molecule has 1 amide bonds. The minimum atomic E-state index is -2.58. The molecule has 2 fully saturated rings. The topological polar surface area (TPSA) is 80.0 Å². The Morgan fingerprint density at radius 1 is 1.37 bits per heavy atom. The van der Waals surface area contributed by atoms with Crippen LogP contribution in [0.2, 0.25) is 0 Å². The highest BCUT2D eigenvalue weighted by molar-refractivity contribution is 7.10. The Kier molecular flexibility index (Phi) is 4.98. The van der Waals surface area contributed by atoms with Gasteiger partial charge in [0.2, 0.25) is 17.7 Å². The third-order valence-corrected chi connectivity index (χ3v) is 6.24. The molecular weight excluding hydrogens is 374 g/mol. The molecule has 27 heavy (non-hydrogen) atoms. The van der Waals surface area contributed by atoms with Crippen molar-refractivity contribution in [2.75, 3.05) is 0 Å². The maximum atomic E-state index is 13.2. The Hall–Kier alpha value is -1.87. The smallest absolute Gasteiger partial charge is 0.252 e. The minimum absolute atomic E-state index is 0.151. The summed E-state index contributed by atoms with van der Waals surface area (Å²) >= 11 is 1.57. The molecule has 0 aliphatic heterocycles. The first-order valence-corrected chi connectivity index (χ1v) is 10.1. The van der Waals surface area contributed by atoms with Crippen LogP contribution >= 0.6 is 11.3 Å². The van der Waals surface area contributed by atoms with Crippen LogP contribution in [0.15, 0.2) is 15.9 Å². The molecule has 9 heteroatoms. The number of hydrogen-bond donors (Lipinski definition) is 2. The van der Waals surface area contributed by atoms with E-state index in [1.807, 2.05) is 11.4 Å². The normalized spacial score (nSPS) is 24.7. The van der Waals surface area contributed by atoms with Crippen molar-refractivity contribution in [2.45, 2.75) is 69.5 Å². The van der Waals surface area contributed by atoms with Gasteiger partial charge in [0.05, 0.1) is 12.1 Å². The number of aryl methyl sites for hydroxylation is 1. The molecule has 0 bridgehead atoms. The van der Waals surface area contributed by atoms with Crippen LogP contribution in [0.3, 0.4) is 0 Å². The summed E-state index contributed by atoms with van der Waals surface area (Å²) in [4.78, 5) is 13.6. The van der Waals surface area contributed by atoms with Crippen LogP contribution in [0.5, 0.6) is 0 Å². The van der Waals surface area contributed by atoms with Crippen molar-refractivity contribution in [1.29, 1.82) is 0 Å². The van der Waals surface area contributed by atoms with Gasteiger partial charge in [-0.1, -0.05) is 0 Å². The van der Waals surface area contributed by atoms with Crippen molar-refractivity contribution in [3.05, 3.63) is 33.7 Å². The van der Waals surface area contributed by atoms with E-state index in [1.54, 1.807) is 18.3 Å². The molecule has 0 radical (unpaired) electrons. The van der Waals surface area contributed by atoms with Crippen LogP contribution in [0.25, 0.3) is 0 Å². The summed E-state index contributed by atoms with van der Waals surface area (Å²) in [6.07, 6.45) is 1.37. The lowest BCUT2D eigenvalue weighted by Gasteiger charge is -2.28. The number of aromatic nitrogens is 2. The molecule has 0 spiro atoms. The third-order valence-electron chi connectivity index (χ3n) is 5.17. The molecule has 146 valence electrons. The lowest BCUT2D eigenvalue weighted by Crippen LogP contribution is -2.40. The van der Waals surface area contributed by atoms with Gasteiger partial charge in [-0.2, -0.15) is 0 Å². The second-order valence-corrected chi connectivity index (χ2v) is 8.33. The first-order chi connectivity index (χ1) is 12.9. The molecule has 2 N–H and O–H groups in total. The summed E-state index contributed by atoms with van der Waals surface area (Å²) in [5.41, 5.74) is 0.616. The summed E-state index contributed by atoms with van der Waals surface area (Å²) in [6.45, 7) is 2.29.